The lowest BCUT2D eigenvalue weighted by atomic mass is 9.98. The molecule has 0 bridgehead atoms. The first kappa shape index (κ1) is 46.2. The van der Waals surface area contributed by atoms with E-state index in [0.29, 0.717) is 12.0 Å². The lowest BCUT2D eigenvalue weighted by molar-refractivity contribution is -0.142. The average molecular weight is 836 g/mol. The zero-order chi connectivity index (χ0) is 43.2. The monoisotopic (exact) mass is 835 g/mol. The lowest BCUT2D eigenvalue weighted by Gasteiger charge is -2.30. The van der Waals surface area contributed by atoms with E-state index in [4.69, 9.17) is 0 Å². The fraction of sp³-hybridized carbons (Fsp3) is 0.524. The number of nitrogens with zero attached hydrogens (tertiary/aromatic N) is 1. The van der Waals surface area contributed by atoms with Crippen LogP contribution in [0.2, 0.25) is 0 Å². The molecule has 2 aliphatic heterocycles. The summed E-state index contributed by atoms with van der Waals surface area (Å²) in [6.45, 7) is 7.27. The van der Waals surface area contributed by atoms with Crippen molar-refractivity contribution in [2.75, 3.05) is 12.3 Å². The highest BCUT2D eigenvalue weighted by Crippen LogP contribution is 2.20. The van der Waals surface area contributed by atoms with Crippen molar-refractivity contribution in [3.8, 4) is 0 Å². The van der Waals surface area contributed by atoms with Gasteiger partial charge in [-0.05, 0) is 48.6 Å². The highest BCUT2D eigenvalue weighted by atomic mass is 32.1. The van der Waals surface area contributed by atoms with E-state index in [9.17, 15) is 43.5 Å². The first-order chi connectivity index (χ1) is 28.1. The minimum Gasteiger partial charge on any atom is -0.481 e. The summed E-state index contributed by atoms with van der Waals surface area (Å²) < 4.78 is 0. The molecule has 2 saturated heterocycles. The first-order valence-corrected chi connectivity index (χ1v) is 20.7. The second-order valence-corrected chi connectivity index (χ2v) is 16.2. The normalized spacial score (nSPS) is 25.5. The summed E-state index contributed by atoms with van der Waals surface area (Å²) in [5.74, 6) is -7.00. The van der Waals surface area contributed by atoms with Crippen molar-refractivity contribution in [1.82, 2.24) is 36.8 Å². The van der Waals surface area contributed by atoms with Gasteiger partial charge in [0, 0.05) is 31.6 Å². The maximum atomic E-state index is 14.2. The second-order valence-electron chi connectivity index (χ2n) is 15.8. The van der Waals surface area contributed by atoms with Crippen molar-refractivity contribution in [2.45, 2.75) is 115 Å². The van der Waals surface area contributed by atoms with Crippen molar-refractivity contribution in [2.24, 2.45) is 11.8 Å². The van der Waals surface area contributed by atoms with Gasteiger partial charge in [-0.15, -0.1) is 0 Å². The van der Waals surface area contributed by atoms with Crippen LogP contribution >= 0.6 is 12.6 Å². The van der Waals surface area contributed by atoms with Crippen molar-refractivity contribution in [3.05, 3.63) is 71.8 Å². The van der Waals surface area contributed by atoms with E-state index in [1.807, 2.05) is 19.9 Å². The van der Waals surface area contributed by atoms with Crippen molar-refractivity contribution in [1.29, 1.82) is 0 Å². The number of rotatable bonds is 11. The molecule has 0 spiro atoms. The van der Waals surface area contributed by atoms with E-state index in [-0.39, 0.29) is 50.3 Å². The molecule has 2 fully saturated rings. The molecule has 0 unspecified atom stereocenters. The smallest absolute Gasteiger partial charge is 0.303 e. The Labute approximate surface area is 350 Å². The molecule has 7 atom stereocenters. The number of carbonyl (C=O) groups excluding carboxylic acids is 7. The Kier molecular flexibility index (Phi) is 17.3. The summed E-state index contributed by atoms with van der Waals surface area (Å²) in [6.07, 6.45) is 0.0412. The van der Waals surface area contributed by atoms with Crippen LogP contribution in [-0.2, 0) is 51.2 Å². The van der Waals surface area contributed by atoms with E-state index in [0.717, 1.165) is 5.56 Å². The van der Waals surface area contributed by atoms with Gasteiger partial charge in [-0.1, -0.05) is 88.4 Å². The standard InChI is InChI=1S/C42H57N7O9S/c1-24(2)20-29-37(53)43-28(17-18-34(50)51)36(52)47-32(23-59)42(58)49-19-11-16-33(49)40(56)45-31(22-27-14-9-6-10-15-27)39(55)48-35(25(3)4)41(57)46-30(38(54)44-29)21-26-12-7-5-8-13-26/h5-10,12-15,24-25,28-33,35,59H,11,16-23H2,1-4H3,(H,43,53)(H,44,54)(H,45,56)(H,46,57)(H,47,52)(H,48,55)(H,50,51)/t28-,29-,30-,31-,32-,33-,35-/m0/s1. The molecule has 0 aliphatic carbocycles. The third-order valence-electron chi connectivity index (χ3n) is 10.3. The van der Waals surface area contributed by atoms with Gasteiger partial charge in [0.25, 0.3) is 0 Å². The van der Waals surface area contributed by atoms with Crippen LogP contribution in [0.1, 0.15) is 70.9 Å². The lowest BCUT2D eigenvalue weighted by Crippen LogP contribution is -2.61. The Bertz CT molecular complexity index is 1810. The van der Waals surface area contributed by atoms with Crippen LogP contribution in [0.4, 0.5) is 0 Å². The molecule has 4 rings (SSSR count). The van der Waals surface area contributed by atoms with Gasteiger partial charge in [0.2, 0.25) is 41.4 Å². The van der Waals surface area contributed by atoms with Gasteiger partial charge >= 0.3 is 5.97 Å². The molecular weight excluding hydrogens is 779 g/mol. The molecular formula is C42H57N7O9S. The molecule has 320 valence electrons. The van der Waals surface area contributed by atoms with Crippen LogP contribution in [0, 0.1) is 11.8 Å². The predicted molar refractivity (Wildman–Crippen MR) is 222 cm³/mol. The number of aliphatic carboxylic acids is 1. The third kappa shape index (κ3) is 13.5. The summed E-state index contributed by atoms with van der Waals surface area (Å²) in [4.78, 5) is 111. The van der Waals surface area contributed by atoms with Crippen molar-refractivity contribution >= 4 is 59.9 Å². The minimum absolute atomic E-state index is 0.0144. The Hall–Kier alpha value is -5.45. The van der Waals surface area contributed by atoms with Gasteiger partial charge in [-0.3, -0.25) is 38.4 Å². The second kappa shape index (κ2) is 22.1. The molecule has 2 heterocycles. The van der Waals surface area contributed by atoms with Gasteiger partial charge in [-0.25, -0.2) is 0 Å². The molecule has 2 aromatic carbocycles. The van der Waals surface area contributed by atoms with E-state index in [1.54, 1.807) is 68.4 Å². The SMILES string of the molecule is CC(C)C[C@@H]1NC(=O)[C@H](Cc2ccccc2)NC(=O)[C@H](C(C)C)NC(=O)[C@H](Cc2ccccc2)NC(=O)[C@@H]2CCCN2C(=O)[C@H](CS)NC(=O)[C@H](CCC(=O)O)NC1=O. The van der Waals surface area contributed by atoms with Crippen LogP contribution in [-0.4, -0.2) is 112 Å². The molecule has 0 saturated carbocycles. The Morgan fingerprint density at radius 2 is 1.14 bits per heavy atom. The number of amides is 7. The van der Waals surface area contributed by atoms with Crippen LogP contribution in [0.3, 0.4) is 0 Å². The number of benzene rings is 2. The van der Waals surface area contributed by atoms with Gasteiger partial charge in [0.1, 0.15) is 42.3 Å². The number of carboxylic acids is 1. The number of nitrogens with one attached hydrogen (secondary N) is 6. The fourth-order valence-electron chi connectivity index (χ4n) is 7.18. The summed E-state index contributed by atoms with van der Waals surface area (Å²) in [5, 5.41) is 25.8. The maximum absolute atomic E-state index is 14.2. The summed E-state index contributed by atoms with van der Waals surface area (Å²) >= 11 is 4.31. The van der Waals surface area contributed by atoms with Crippen molar-refractivity contribution in [3.63, 3.8) is 0 Å². The molecule has 7 N–H and O–H groups in total. The van der Waals surface area contributed by atoms with Gasteiger partial charge in [0.15, 0.2) is 0 Å². The number of carbonyl (C=O) groups is 8. The summed E-state index contributed by atoms with van der Waals surface area (Å²) in [6, 6.07) is 9.33. The molecule has 2 aromatic rings. The molecule has 0 radical (unpaired) electrons. The van der Waals surface area contributed by atoms with Crippen molar-refractivity contribution < 1.29 is 43.5 Å². The van der Waals surface area contributed by atoms with Crippen LogP contribution in [0.25, 0.3) is 0 Å². The zero-order valence-electron chi connectivity index (χ0n) is 33.9. The summed E-state index contributed by atoms with van der Waals surface area (Å²) in [5.41, 5.74) is 1.41. The van der Waals surface area contributed by atoms with Crippen LogP contribution < -0.4 is 31.9 Å². The van der Waals surface area contributed by atoms with Crippen LogP contribution in [0.15, 0.2) is 60.7 Å². The minimum atomic E-state index is -1.44. The number of hydrogen-bond donors (Lipinski definition) is 8. The highest BCUT2D eigenvalue weighted by molar-refractivity contribution is 7.80. The van der Waals surface area contributed by atoms with Gasteiger partial charge in [-0.2, -0.15) is 12.6 Å². The van der Waals surface area contributed by atoms with Gasteiger partial charge < -0.3 is 41.9 Å². The fourth-order valence-corrected chi connectivity index (χ4v) is 7.43. The molecule has 0 aromatic heterocycles. The molecule has 7 amide bonds. The van der Waals surface area contributed by atoms with Crippen LogP contribution in [0.5, 0.6) is 0 Å². The molecule has 17 heteroatoms. The Morgan fingerprint density at radius 3 is 1.66 bits per heavy atom. The van der Waals surface area contributed by atoms with E-state index in [1.165, 1.54) is 4.90 Å². The predicted octanol–water partition coefficient (Wildman–Crippen LogP) is 0.882. The largest absolute Gasteiger partial charge is 0.481 e. The molecule has 2 aliphatic rings. The number of carboxylic acid groups (broad SMARTS) is 1. The zero-order valence-corrected chi connectivity index (χ0v) is 34.8. The summed E-state index contributed by atoms with van der Waals surface area (Å²) in [7, 11) is 0. The molecule has 16 nitrogen and oxygen atoms in total. The number of fused-ring (bicyclic) bond motifs is 1. The molecule has 59 heavy (non-hydrogen) atoms. The number of hydrogen-bond acceptors (Lipinski definition) is 9. The maximum Gasteiger partial charge on any atom is 0.303 e. The quantitative estimate of drug-likeness (QED) is 0.150. The topological polar surface area (TPSA) is 232 Å². The van der Waals surface area contributed by atoms with Gasteiger partial charge in [0.05, 0.1) is 0 Å². The Balaban J connectivity index is 1.79. The van der Waals surface area contributed by atoms with E-state index in [2.05, 4.69) is 44.5 Å². The number of thiol groups is 1. The van der Waals surface area contributed by atoms with E-state index >= 15 is 0 Å². The third-order valence-corrected chi connectivity index (χ3v) is 10.7. The Morgan fingerprint density at radius 1 is 0.661 bits per heavy atom. The average Bonchev–Trinajstić information content (AvgIpc) is 3.70. The highest BCUT2D eigenvalue weighted by Gasteiger charge is 2.40. The van der Waals surface area contributed by atoms with E-state index < -0.39 is 102 Å². The first-order valence-electron chi connectivity index (χ1n) is 20.1.